The van der Waals surface area contributed by atoms with E-state index in [1.165, 1.54) is 0 Å². The molecule has 4 heteroatoms. The standard InChI is InChI=1S/C9H15ClN2O/c1-7-9(13-6-4-5-10)8(2)12(3)11-7/h4-6H2,1-3H3. The van der Waals surface area contributed by atoms with Crippen molar-refractivity contribution in [1.29, 1.82) is 0 Å². The smallest absolute Gasteiger partial charge is 0.162 e. The van der Waals surface area contributed by atoms with Crippen LogP contribution in [0.1, 0.15) is 17.8 Å². The van der Waals surface area contributed by atoms with Crippen molar-refractivity contribution in [3.8, 4) is 5.75 Å². The zero-order valence-electron chi connectivity index (χ0n) is 8.30. The summed E-state index contributed by atoms with van der Waals surface area (Å²) >= 11 is 5.55. The number of halogens is 1. The topological polar surface area (TPSA) is 27.1 Å². The Labute approximate surface area is 83.6 Å². The monoisotopic (exact) mass is 202 g/mol. The second-order valence-electron chi connectivity index (χ2n) is 3.01. The number of hydrogen-bond acceptors (Lipinski definition) is 2. The summed E-state index contributed by atoms with van der Waals surface area (Å²) in [7, 11) is 1.91. The second-order valence-corrected chi connectivity index (χ2v) is 3.39. The maximum Gasteiger partial charge on any atom is 0.162 e. The molecule has 0 spiro atoms. The number of aryl methyl sites for hydroxylation is 2. The number of nitrogens with zero attached hydrogens (tertiary/aromatic N) is 2. The van der Waals surface area contributed by atoms with E-state index in [0.717, 1.165) is 23.6 Å². The van der Waals surface area contributed by atoms with Crippen LogP contribution in [0.2, 0.25) is 0 Å². The number of alkyl halides is 1. The molecular formula is C9H15ClN2O. The van der Waals surface area contributed by atoms with E-state index in [4.69, 9.17) is 16.3 Å². The lowest BCUT2D eigenvalue weighted by Gasteiger charge is -2.04. The Morgan fingerprint density at radius 3 is 2.62 bits per heavy atom. The Hall–Kier alpha value is -0.700. The minimum atomic E-state index is 0.637. The van der Waals surface area contributed by atoms with Gasteiger partial charge in [0.05, 0.1) is 12.3 Å². The predicted molar refractivity (Wildman–Crippen MR) is 53.5 cm³/mol. The molecule has 0 amide bonds. The summed E-state index contributed by atoms with van der Waals surface area (Å²) in [5, 5.41) is 4.25. The Morgan fingerprint density at radius 1 is 1.46 bits per heavy atom. The molecule has 0 unspecified atom stereocenters. The Balaban J connectivity index is 2.64. The molecule has 1 rings (SSSR count). The first-order chi connectivity index (χ1) is 6.16. The maximum absolute atomic E-state index is 5.56. The molecule has 0 aliphatic carbocycles. The largest absolute Gasteiger partial charge is 0.490 e. The fraction of sp³-hybridized carbons (Fsp3) is 0.667. The van der Waals surface area contributed by atoms with Crippen LogP contribution in [0.15, 0.2) is 0 Å². The van der Waals surface area contributed by atoms with Crippen molar-refractivity contribution >= 4 is 11.6 Å². The van der Waals surface area contributed by atoms with E-state index >= 15 is 0 Å². The molecule has 1 aromatic heterocycles. The first kappa shape index (κ1) is 10.4. The summed E-state index contributed by atoms with van der Waals surface area (Å²) in [6, 6.07) is 0. The first-order valence-corrected chi connectivity index (χ1v) is 4.89. The summed E-state index contributed by atoms with van der Waals surface area (Å²) in [4.78, 5) is 0. The lowest BCUT2D eigenvalue weighted by molar-refractivity contribution is 0.313. The number of hydrogen-bond donors (Lipinski definition) is 0. The predicted octanol–water partition coefficient (Wildman–Crippen LogP) is 2.04. The zero-order chi connectivity index (χ0) is 9.84. The molecule has 3 nitrogen and oxygen atoms in total. The lowest BCUT2D eigenvalue weighted by atomic mass is 10.3. The number of aromatic nitrogens is 2. The molecular weight excluding hydrogens is 188 g/mol. The van der Waals surface area contributed by atoms with Crippen LogP contribution in [-0.2, 0) is 7.05 Å². The average molecular weight is 203 g/mol. The van der Waals surface area contributed by atoms with Gasteiger partial charge < -0.3 is 4.74 Å². The van der Waals surface area contributed by atoms with Gasteiger partial charge >= 0.3 is 0 Å². The Kier molecular flexibility index (Phi) is 3.60. The summed E-state index contributed by atoms with van der Waals surface area (Å²) in [5.74, 6) is 1.53. The normalized spacial score (nSPS) is 10.5. The van der Waals surface area contributed by atoms with Crippen LogP contribution in [0, 0.1) is 13.8 Å². The van der Waals surface area contributed by atoms with Crippen molar-refractivity contribution in [3.63, 3.8) is 0 Å². The van der Waals surface area contributed by atoms with Crippen molar-refractivity contribution in [3.05, 3.63) is 11.4 Å². The third kappa shape index (κ3) is 2.37. The van der Waals surface area contributed by atoms with E-state index in [0.29, 0.717) is 12.5 Å². The van der Waals surface area contributed by atoms with Gasteiger partial charge in [-0.15, -0.1) is 11.6 Å². The molecule has 0 saturated carbocycles. The fourth-order valence-corrected chi connectivity index (χ4v) is 1.30. The van der Waals surface area contributed by atoms with Crippen LogP contribution in [0.3, 0.4) is 0 Å². The van der Waals surface area contributed by atoms with Crippen molar-refractivity contribution < 1.29 is 4.74 Å². The van der Waals surface area contributed by atoms with E-state index in [2.05, 4.69) is 5.10 Å². The molecule has 0 atom stereocenters. The Morgan fingerprint density at radius 2 is 2.15 bits per heavy atom. The molecule has 0 saturated heterocycles. The Bertz CT molecular complexity index is 283. The molecule has 0 aliphatic rings. The van der Waals surface area contributed by atoms with E-state index in [9.17, 15) is 0 Å². The van der Waals surface area contributed by atoms with Crippen molar-refractivity contribution in [1.82, 2.24) is 9.78 Å². The van der Waals surface area contributed by atoms with Gasteiger partial charge in [0.25, 0.3) is 0 Å². The van der Waals surface area contributed by atoms with Crippen LogP contribution in [0.25, 0.3) is 0 Å². The van der Waals surface area contributed by atoms with Crippen LogP contribution in [0.4, 0.5) is 0 Å². The highest BCUT2D eigenvalue weighted by atomic mass is 35.5. The lowest BCUT2D eigenvalue weighted by Crippen LogP contribution is -2.00. The SMILES string of the molecule is Cc1nn(C)c(C)c1OCCCCl. The van der Waals surface area contributed by atoms with Crippen LogP contribution < -0.4 is 4.74 Å². The van der Waals surface area contributed by atoms with Gasteiger partial charge in [0.2, 0.25) is 0 Å². The number of rotatable bonds is 4. The summed E-state index contributed by atoms with van der Waals surface area (Å²) in [5.41, 5.74) is 2.00. The van der Waals surface area contributed by atoms with E-state index in [1.54, 1.807) is 0 Å². The van der Waals surface area contributed by atoms with Gasteiger partial charge in [-0.1, -0.05) is 0 Å². The summed E-state index contributed by atoms with van der Waals surface area (Å²) in [6.07, 6.45) is 0.870. The molecule has 0 N–H and O–H groups in total. The molecule has 0 aliphatic heterocycles. The summed E-state index contributed by atoms with van der Waals surface area (Å²) in [6.45, 7) is 4.61. The van der Waals surface area contributed by atoms with Gasteiger partial charge in [-0.2, -0.15) is 5.10 Å². The van der Waals surface area contributed by atoms with Crippen molar-refractivity contribution in [2.24, 2.45) is 7.05 Å². The van der Waals surface area contributed by atoms with Gasteiger partial charge in [0.1, 0.15) is 5.69 Å². The summed E-state index contributed by atoms with van der Waals surface area (Å²) < 4.78 is 7.39. The van der Waals surface area contributed by atoms with Gasteiger partial charge in [-0.25, -0.2) is 0 Å². The fourth-order valence-electron chi connectivity index (χ4n) is 1.19. The first-order valence-electron chi connectivity index (χ1n) is 4.35. The zero-order valence-corrected chi connectivity index (χ0v) is 9.06. The van der Waals surface area contributed by atoms with Gasteiger partial charge in [0, 0.05) is 12.9 Å². The van der Waals surface area contributed by atoms with Gasteiger partial charge in [-0.05, 0) is 20.3 Å². The minimum Gasteiger partial charge on any atom is -0.490 e. The van der Waals surface area contributed by atoms with E-state index in [-0.39, 0.29) is 0 Å². The third-order valence-corrected chi connectivity index (χ3v) is 2.23. The number of ether oxygens (including phenoxy) is 1. The van der Waals surface area contributed by atoms with Crippen molar-refractivity contribution in [2.75, 3.05) is 12.5 Å². The highest BCUT2D eigenvalue weighted by molar-refractivity contribution is 6.17. The molecule has 0 fully saturated rings. The molecule has 0 aromatic carbocycles. The average Bonchev–Trinajstić information content (AvgIpc) is 2.32. The van der Waals surface area contributed by atoms with E-state index < -0.39 is 0 Å². The van der Waals surface area contributed by atoms with Crippen LogP contribution >= 0.6 is 11.6 Å². The van der Waals surface area contributed by atoms with Crippen LogP contribution in [-0.4, -0.2) is 22.3 Å². The van der Waals surface area contributed by atoms with Gasteiger partial charge in [-0.3, -0.25) is 4.68 Å². The minimum absolute atomic E-state index is 0.637. The molecule has 13 heavy (non-hydrogen) atoms. The maximum atomic E-state index is 5.56. The quantitative estimate of drug-likeness (QED) is 0.552. The third-order valence-electron chi connectivity index (χ3n) is 1.97. The molecule has 0 radical (unpaired) electrons. The second kappa shape index (κ2) is 4.51. The molecule has 0 bridgehead atoms. The highest BCUT2D eigenvalue weighted by Crippen LogP contribution is 2.21. The highest BCUT2D eigenvalue weighted by Gasteiger charge is 2.09. The molecule has 74 valence electrons. The van der Waals surface area contributed by atoms with E-state index in [1.807, 2.05) is 25.6 Å². The molecule has 1 heterocycles. The van der Waals surface area contributed by atoms with Crippen LogP contribution in [0.5, 0.6) is 5.75 Å². The van der Waals surface area contributed by atoms with Crippen molar-refractivity contribution in [2.45, 2.75) is 20.3 Å². The van der Waals surface area contributed by atoms with Gasteiger partial charge in [0.15, 0.2) is 5.75 Å². The molecule has 1 aromatic rings.